The topological polar surface area (TPSA) is 61.4 Å². The Labute approximate surface area is 131 Å². The molecule has 2 aromatic carbocycles. The summed E-state index contributed by atoms with van der Waals surface area (Å²) in [6, 6.07) is 14.0. The molecule has 4 nitrogen and oxygen atoms in total. The molecule has 0 aliphatic heterocycles. The number of nitrogens with one attached hydrogen (secondary N) is 2. The van der Waals surface area contributed by atoms with Crippen molar-refractivity contribution < 1.29 is 9.90 Å². The number of aliphatic hydroxyl groups excluding tert-OH is 1. The first-order valence-electron chi connectivity index (χ1n) is 7.71. The van der Waals surface area contributed by atoms with Gasteiger partial charge in [-0.2, -0.15) is 0 Å². The van der Waals surface area contributed by atoms with E-state index in [9.17, 15) is 4.79 Å². The van der Waals surface area contributed by atoms with Gasteiger partial charge >= 0.3 is 6.03 Å². The fourth-order valence-electron chi connectivity index (χ4n) is 2.51. The standard InChI is InChI=1S/C18H24N2O2/c1-3-18(2,11-12-21)20-17(22)19-13-15-9-6-8-14-7-4-5-10-16(14)15/h4-10,21H,3,11-13H2,1-2H3,(H2,19,20,22). The Balaban J connectivity index is 2.01. The molecule has 2 rings (SSSR count). The molecular formula is C18H24N2O2. The zero-order chi connectivity index (χ0) is 16.0. The summed E-state index contributed by atoms with van der Waals surface area (Å²) in [5.74, 6) is 0. The van der Waals surface area contributed by atoms with E-state index < -0.39 is 0 Å². The number of urea groups is 1. The summed E-state index contributed by atoms with van der Waals surface area (Å²) in [6.45, 7) is 4.49. The SMILES string of the molecule is CCC(C)(CCO)NC(=O)NCc1cccc2ccccc12. The van der Waals surface area contributed by atoms with Gasteiger partial charge < -0.3 is 15.7 Å². The van der Waals surface area contributed by atoms with Crippen LogP contribution in [0.25, 0.3) is 10.8 Å². The molecule has 22 heavy (non-hydrogen) atoms. The van der Waals surface area contributed by atoms with Gasteiger partial charge in [-0.15, -0.1) is 0 Å². The third-order valence-electron chi connectivity index (χ3n) is 4.18. The van der Waals surface area contributed by atoms with Gasteiger partial charge in [-0.05, 0) is 36.1 Å². The Morgan fingerprint density at radius 3 is 2.64 bits per heavy atom. The highest BCUT2D eigenvalue weighted by molar-refractivity contribution is 5.86. The summed E-state index contributed by atoms with van der Waals surface area (Å²) in [4.78, 5) is 12.1. The number of fused-ring (bicyclic) bond motifs is 1. The zero-order valence-corrected chi connectivity index (χ0v) is 13.2. The average molecular weight is 300 g/mol. The zero-order valence-electron chi connectivity index (χ0n) is 13.2. The molecule has 0 radical (unpaired) electrons. The van der Waals surface area contributed by atoms with Crippen LogP contribution in [0.3, 0.4) is 0 Å². The fraction of sp³-hybridized carbons (Fsp3) is 0.389. The van der Waals surface area contributed by atoms with Gasteiger partial charge in [0, 0.05) is 18.7 Å². The van der Waals surface area contributed by atoms with Gasteiger partial charge in [0.2, 0.25) is 0 Å². The molecule has 0 saturated carbocycles. The molecule has 2 amide bonds. The predicted octanol–water partition coefficient (Wildman–Crippen LogP) is 3.19. The van der Waals surface area contributed by atoms with Crippen molar-refractivity contribution in [2.45, 2.75) is 38.8 Å². The lowest BCUT2D eigenvalue weighted by Gasteiger charge is -2.29. The number of amides is 2. The third kappa shape index (κ3) is 3.98. The molecule has 0 heterocycles. The highest BCUT2D eigenvalue weighted by Gasteiger charge is 2.23. The van der Waals surface area contributed by atoms with Gasteiger partial charge in [0.05, 0.1) is 0 Å². The number of hydrogen-bond acceptors (Lipinski definition) is 2. The van der Waals surface area contributed by atoms with E-state index in [1.165, 1.54) is 5.39 Å². The molecule has 4 heteroatoms. The van der Waals surface area contributed by atoms with Crippen LogP contribution in [0, 0.1) is 0 Å². The molecule has 2 aromatic rings. The summed E-state index contributed by atoms with van der Waals surface area (Å²) >= 11 is 0. The van der Waals surface area contributed by atoms with Crippen LogP contribution in [0.4, 0.5) is 4.79 Å². The summed E-state index contributed by atoms with van der Waals surface area (Å²) in [7, 11) is 0. The van der Waals surface area contributed by atoms with Gasteiger partial charge in [-0.3, -0.25) is 0 Å². The second-order valence-electron chi connectivity index (χ2n) is 5.83. The Hall–Kier alpha value is -2.07. The van der Waals surface area contributed by atoms with Crippen LogP contribution in [0.5, 0.6) is 0 Å². The summed E-state index contributed by atoms with van der Waals surface area (Å²) in [6.07, 6.45) is 1.32. The Bertz CT molecular complexity index is 637. The highest BCUT2D eigenvalue weighted by Crippen LogP contribution is 2.18. The summed E-state index contributed by atoms with van der Waals surface area (Å²) < 4.78 is 0. The van der Waals surface area contributed by atoms with E-state index in [0.29, 0.717) is 13.0 Å². The molecule has 0 fully saturated rings. The third-order valence-corrected chi connectivity index (χ3v) is 4.18. The van der Waals surface area contributed by atoms with E-state index in [2.05, 4.69) is 28.8 Å². The lowest BCUT2D eigenvalue weighted by molar-refractivity contribution is 0.200. The average Bonchev–Trinajstić information content (AvgIpc) is 2.53. The van der Waals surface area contributed by atoms with E-state index in [-0.39, 0.29) is 18.2 Å². The number of benzene rings is 2. The van der Waals surface area contributed by atoms with E-state index in [1.807, 2.05) is 38.1 Å². The molecule has 0 aromatic heterocycles. The van der Waals surface area contributed by atoms with Crippen LogP contribution in [0.1, 0.15) is 32.3 Å². The maximum atomic E-state index is 12.1. The maximum Gasteiger partial charge on any atom is 0.315 e. The molecule has 3 N–H and O–H groups in total. The second kappa shape index (κ2) is 7.27. The lowest BCUT2D eigenvalue weighted by Crippen LogP contribution is -2.50. The van der Waals surface area contributed by atoms with Crippen molar-refractivity contribution >= 4 is 16.8 Å². The first kappa shape index (κ1) is 16.3. The molecule has 1 unspecified atom stereocenters. The first-order valence-corrected chi connectivity index (χ1v) is 7.71. The van der Waals surface area contributed by atoms with E-state index in [0.717, 1.165) is 17.4 Å². The van der Waals surface area contributed by atoms with Gasteiger partial charge in [-0.1, -0.05) is 49.4 Å². The van der Waals surface area contributed by atoms with Crippen LogP contribution < -0.4 is 10.6 Å². The van der Waals surface area contributed by atoms with Gasteiger partial charge in [-0.25, -0.2) is 4.79 Å². The molecule has 0 spiro atoms. The first-order chi connectivity index (χ1) is 10.6. The summed E-state index contributed by atoms with van der Waals surface area (Å²) in [5.41, 5.74) is 0.714. The van der Waals surface area contributed by atoms with E-state index in [4.69, 9.17) is 5.11 Å². The predicted molar refractivity (Wildman–Crippen MR) is 89.7 cm³/mol. The van der Waals surface area contributed by atoms with Crippen LogP contribution in [0.2, 0.25) is 0 Å². The number of carbonyl (C=O) groups is 1. The molecule has 0 aliphatic rings. The van der Waals surface area contributed by atoms with Crippen molar-refractivity contribution in [2.24, 2.45) is 0 Å². The number of aliphatic hydroxyl groups is 1. The van der Waals surface area contributed by atoms with Crippen molar-refractivity contribution in [3.05, 3.63) is 48.0 Å². The molecular weight excluding hydrogens is 276 g/mol. The van der Waals surface area contributed by atoms with Crippen LogP contribution in [-0.2, 0) is 6.54 Å². The van der Waals surface area contributed by atoms with E-state index >= 15 is 0 Å². The quantitative estimate of drug-likeness (QED) is 0.767. The van der Waals surface area contributed by atoms with Crippen LogP contribution in [0.15, 0.2) is 42.5 Å². The lowest BCUT2D eigenvalue weighted by atomic mass is 9.95. The maximum absolute atomic E-state index is 12.1. The van der Waals surface area contributed by atoms with Gasteiger partial charge in [0.15, 0.2) is 0 Å². The highest BCUT2D eigenvalue weighted by atomic mass is 16.3. The number of hydrogen-bond donors (Lipinski definition) is 3. The smallest absolute Gasteiger partial charge is 0.315 e. The van der Waals surface area contributed by atoms with Gasteiger partial charge in [0.25, 0.3) is 0 Å². The Kier molecular flexibility index (Phi) is 5.39. The Morgan fingerprint density at radius 2 is 1.91 bits per heavy atom. The molecule has 0 saturated heterocycles. The van der Waals surface area contributed by atoms with Crippen LogP contribution in [-0.4, -0.2) is 23.3 Å². The Morgan fingerprint density at radius 1 is 1.18 bits per heavy atom. The molecule has 0 bridgehead atoms. The normalized spacial score (nSPS) is 13.6. The minimum atomic E-state index is -0.377. The minimum Gasteiger partial charge on any atom is -0.396 e. The van der Waals surface area contributed by atoms with E-state index in [1.54, 1.807) is 0 Å². The fourth-order valence-corrected chi connectivity index (χ4v) is 2.51. The van der Waals surface area contributed by atoms with Crippen molar-refractivity contribution in [3.63, 3.8) is 0 Å². The van der Waals surface area contributed by atoms with Crippen molar-refractivity contribution in [2.75, 3.05) is 6.61 Å². The van der Waals surface area contributed by atoms with Gasteiger partial charge in [0.1, 0.15) is 0 Å². The molecule has 1 atom stereocenters. The second-order valence-corrected chi connectivity index (χ2v) is 5.83. The van der Waals surface area contributed by atoms with Crippen molar-refractivity contribution in [3.8, 4) is 0 Å². The van der Waals surface area contributed by atoms with Crippen molar-refractivity contribution in [1.82, 2.24) is 10.6 Å². The molecule has 0 aliphatic carbocycles. The van der Waals surface area contributed by atoms with Crippen molar-refractivity contribution in [1.29, 1.82) is 0 Å². The monoisotopic (exact) mass is 300 g/mol. The summed E-state index contributed by atoms with van der Waals surface area (Å²) in [5, 5.41) is 17.3. The minimum absolute atomic E-state index is 0.0634. The number of carbonyl (C=O) groups excluding carboxylic acids is 1. The number of rotatable bonds is 6. The van der Waals surface area contributed by atoms with Crippen LogP contribution >= 0.6 is 0 Å². The largest absolute Gasteiger partial charge is 0.396 e. The molecule has 118 valence electrons.